The van der Waals surface area contributed by atoms with Crippen molar-refractivity contribution >= 4 is 29.6 Å². The van der Waals surface area contributed by atoms with E-state index < -0.39 is 0 Å². The quantitative estimate of drug-likeness (QED) is 0.725. The highest BCUT2D eigenvalue weighted by atomic mass is 35.5. The molecule has 6 heteroatoms. The largest absolute Gasteiger partial charge is 0.384 e. The first kappa shape index (κ1) is 21.0. The summed E-state index contributed by atoms with van der Waals surface area (Å²) in [7, 11) is 0. The SMILES string of the molecule is CC(=O)CCc1cc(NCCN2CCCC2)cc(N2CCNCC2)c1.Cl. The third-order valence-electron chi connectivity index (χ3n) is 5.18. The summed E-state index contributed by atoms with van der Waals surface area (Å²) in [5, 5.41) is 7.02. The van der Waals surface area contributed by atoms with E-state index in [9.17, 15) is 4.79 Å². The molecule has 1 aromatic rings. The lowest BCUT2D eigenvalue weighted by atomic mass is 10.1. The molecule has 0 aliphatic carbocycles. The monoisotopic (exact) mass is 380 g/mol. The molecule has 0 spiro atoms. The average molecular weight is 381 g/mol. The van der Waals surface area contributed by atoms with E-state index in [2.05, 4.69) is 38.6 Å². The second-order valence-corrected chi connectivity index (χ2v) is 7.30. The van der Waals surface area contributed by atoms with Gasteiger partial charge in [-0.3, -0.25) is 0 Å². The minimum atomic E-state index is 0. The standard InChI is InChI=1S/C20H32N4O.ClH/c1-17(25)4-5-18-14-19(22-8-11-23-9-2-3-10-23)16-20(15-18)24-12-6-21-7-13-24;/h14-16,21-22H,2-13H2,1H3;1H. The predicted octanol–water partition coefficient (Wildman–Crippen LogP) is 2.55. The van der Waals surface area contributed by atoms with Crippen molar-refractivity contribution in [3.05, 3.63) is 23.8 Å². The van der Waals surface area contributed by atoms with Crippen molar-refractivity contribution in [2.45, 2.75) is 32.6 Å². The van der Waals surface area contributed by atoms with Crippen LogP contribution in [0.4, 0.5) is 11.4 Å². The first-order chi connectivity index (χ1) is 12.2. The molecule has 2 N–H and O–H groups in total. The van der Waals surface area contributed by atoms with Crippen LogP contribution in [0.15, 0.2) is 18.2 Å². The van der Waals surface area contributed by atoms with E-state index in [0.717, 1.165) is 45.7 Å². The summed E-state index contributed by atoms with van der Waals surface area (Å²) >= 11 is 0. The number of anilines is 2. The van der Waals surface area contributed by atoms with Crippen LogP contribution in [0, 0.1) is 0 Å². The molecule has 146 valence electrons. The zero-order valence-electron chi connectivity index (χ0n) is 15.9. The van der Waals surface area contributed by atoms with E-state index in [1.54, 1.807) is 6.92 Å². The number of hydrogen-bond acceptors (Lipinski definition) is 5. The van der Waals surface area contributed by atoms with Crippen LogP contribution < -0.4 is 15.5 Å². The maximum Gasteiger partial charge on any atom is 0.130 e. The molecule has 1 aromatic carbocycles. The van der Waals surface area contributed by atoms with Crippen molar-refractivity contribution in [3.63, 3.8) is 0 Å². The zero-order chi connectivity index (χ0) is 17.5. The fraction of sp³-hybridized carbons (Fsp3) is 0.650. The third kappa shape index (κ3) is 6.45. The summed E-state index contributed by atoms with van der Waals surface area (Å²) in [6, 6.07) is 6.76. The Kier molecular flexibility index (Phi) is 8.69. The average Bonchev–Trinajstić information content (AvgIpc) is 3.14. The maximum atomic E-state index is 11.4. The van der Waals surface area contributed by atoms with E-state index in [0.29, 0.717) is 6.42 Å². The van der Waals surface area contributed by atoms with E-state index in [1.165, 1.54) is 42.9 Å². The van der Waals surface area contributed by atoms with Gasteiger partial charge >= 0.3 is 0 Å². The van der Waals surface area contributed by atoms with Gasteiger partial charge in [0.25, 0.3) is 0 Å². The number of halogens is 1. The number of hydrogen-bond donors (Lipinski definition) is 2. The lowest BCUT2D eigenvalue weighted by molar-refractivity contribution is -0.116. The summed E-state index contributed by atoms with van der Waals surface area (Å²) in [6.45, 7) is 10.4. The Morgan fingerprint density at radius 2 is 1.85 bits per heavy atom. The molecule has 0 aromatic heterocycles. The minimum Gasteiger partial charge on any atom is -0.384 e. The molecule has 2 heterocycles. The Morgan fingerprint density at radius 1 is 1.12 bits per heavy atom. The first-order valence-electron chi connectivity index (χ1n) is 9.76. The minimum absolute atomic E-state index is 0. The number of rotatable bonds is 8. The van der Waals surface area contributed by atoms with Crippen molar-refractivity contribution in [1.29, 1.82) is 0 Å². The number of nitrogens with zero attached hydrogens (tertiary/aromatic N) is 2. The molecular weight excluding hydrogens is 348 g/mol. The van der Waals surface area contributed by atoms with Gasteiger partial charge in [0.15, 0.2) is 0 Å². The Bertz CT molecular complexity index is 569. The molecule has 0 radical (unpaired) electrons. The van der Waals surface area contributed by atoms with E-state index in [4.69, 9.17) is 0 Å². The molecule has 2 aliphatic heterocycles. The second-order valence-electron chi connectivity index (χ2n) is 7.30. The number of aryl methyl sites for hydroxylation is 1. The zero-order valence-corrected chi connectivity index (χ0v) is 16.7. The summed E-state index contributed by atoms with van der Waals surface area (Å²) in [6.07, 6.45) is 4.13. The Labute approximate surface area is 163 Å². The number of piperazine rings is 1. The Balaban J connectivity index is 0.00000243. The molecule has 0 amide bonds. The van der Waals surface area contributed by atoms with Gasteiger partial charge in [-0.1, -0.05) is 0 Å². The molecule has 2 fully saturated rings. The highest BCUT2D eigenvalue weighted by molar-refractivity contribution is 5.85. The number of carbonyl (C=O) groups is 1. The van der Waals surface area contributed by atoms with Crippen LogP contribution in [0.25, 0.3) is 0 Å². The summed E-state index contributed by atoms with van der Waals surface area (Å²) in [5.74, 6) is 0.260. The van der Waals surface area contributed by atoms with Gasteiger partial charge in [-0.15, -0.1) is 12.4 Å². The lowest BCUT2D eigenvalue weighted by Crippen LogP contribution is -2.43. The van der Waals surface area contributed by atoms with Crippen LogP contribution in [0.3, 0.4) is 0 Å². The molecule has 3 rings (SSSR count). The number of carbonyl (C=O) groups excluding carboxylic acids is 1. The lowest BCUT2D eigenvalue weighted by Gasteiger charge is -2.30. The van der Waals surface area contributed by atoms with Crippen LogP contribution in [-0.4, -0.2) is 63.0 Å². The predicted molar refractivity (Wildman–Crippen MR) is 112 cm³/mol. The highest BCUT2D eigenvalue weighted by Gasteiger charge is 2.13. The smallest absolute Gasteiger partial charge is 0.130 e. The van der Waals surface area contributed by atoms with Crippen LogP contribution in [0.2, 0.25) is 0 Å². The second kappa shape index (κ2) is 10.8. The van der Waals surface area contributed by atoms with E-state index in [1.807, 2.05) is 0 Å². The first-order valence-corrected chi connectivity index (χ1v) is 9.76. The van der Waals surface area contributed by atoms with Gasteiger partial charge in [-0.25, -0.2) is 0 Å². The maximum absolute atomic E-state index is 11.4. The number of benzene rings is 1. The third-order valence-corrected chi connectivity index (χ3v) is 5.18. The van der Waals surface area contributed by atoms with Crippen LogP contribution in [0.5, 0.6) is 0 Å². The molecular formula is C20H33ClN4O. The van der Waals surface area contributed by atoms with Gasteiger partial charge in [0, 0.05) is 57.1 Å². The number of Topliss-reactive ketones (excluding diaryl/α,β-unsaturated/α-hetero) is 1. The van der Waals surface area contributed by atoms with Crippen LogP contribution in [0.1, 0.15) is 31.7 Å². The van der Waals surface area contributed by atoms with Crippen molar-refractivity contribution in [1.82, 2.24) is 10.2 Å². The van der Waals surface area contributed by atoms with Crippen molar-refractivity contribution in [2.24, 2.45) is 0 Å². The molecule has 0 bridgehead atoms. The fourth-order valence-electron chi connectivity index (χ4n) is 3.71. The fourth-order valence-corrected chi connectivity index (χ4v) is 3.71. The number of likely N-dealkylation sites (tertiary alicyclic amines) is 1. The summed E-state index contributed by atoms with van der Waals surface area (Å²) in [4.78, 5) is 16.3. The van der Waals surface area contributed by atoms with E-state index in [-0.39, 0.29) is 18.2 Å². The highest BCUT2D eigenvalue weighted by Crippen LogP contribution is 2.24. The Hall–Kier alpha value is -1.30. The van der Waals surface area contributed by atoms with Gasteiger partial charge in [-0.05, 0) is 63.0 Å². The van der Waals surface area contributed by atoms with Crippen LogP contribution >= 0.6 is 12.4 Å². The summed E-state index contributed by atoms with van der Waals surface area (Å²) in [5.41, 5.74) is 3.73. The van der Waals surface area contributed by atoms with E-state index >= 15 is 0 Å². The molecule has 0 unspecified atom stereocenters. The van der Waals surface area contributed by atoms with Gasteiger partial charge in [-0.2, -0.15) is 0 Å². The van der Waals surface area contributed by atoms with Gasteiger partial charge in [0.05, 0.1) is 0 Å². The molecule has 5 nitrogen and oxygen atoms in total. The molecule has 0 saturated carbocycles. The van der Waals surface area contributed by atoms with Gasteiger partial charge in [0.1, 0.15) is 5.78 Å². The number of nitrogens with one attached hydrogen (secondary N) is 2. The molecule has 2 saturated heterocycles. The van der Waals surface area contributed by atoms with Gasteiger partial charge < -0.3 is 25.2 Å². The topological polar surface area (TPSA) is 47.6 Å². The van der Waals surface area contributed by atoms with Crippen molar-refractivity contribution in [2.75, 3.05) is 62.6 Å². The van der Waals surface area contributed by atoms with Crippen LogP contribution in [-0.2, 0) is 11.2 Å². The van der Waals surface area contributed by atoms with Crippen molar-refractivity contribution in [3.8, 4) is 0 Å². The summed E-state index contributed by atoms with van der Waals surface area (Å²) < 4.78 is 0. The van der Waals surface area contributed by atoms with Gasteiger partial charge in [0.2, 0.25) is 0 Å². The molecule has 2 aliphatic rings. The normalized spacial score (nSPS) is 17.8. The van der Waals surface area contributed by atoms with Crippen molar-refractivity contribution < 1.29 is 4.79 Å². The molecule has 26 heavy (non-hydrogen) atoms. The Morgan fingerprint density at radius 3 is 2.54 bits per heavy atom. The molecule has 0 atom stereocenters. The number of ketones is 1.